The molecule has 0 bridgehead atoms. The summed E-state index contributed by atoms with van der Waals surface area (Å²) in [4.78, 5) is 19.3. The molecule has 0 spiro atoms. The number of pyridine rings is 1. The Kier molecular flexibility index (Phi) is 7.23. The first-order chi connectivity index (χ1) is 18.2. The zero-order valence-corrected chi connectivity index (χ0v) is 20.9. The van der Waals surface area contributed by atoms with Crippen LogP contribution < -0.4 is 5.32 Å². The van der Waals surface area contributed by atoms with E-state index in [1.54, 1.807) is 24.3 Å². The van der Waals surface area contributed by atoms with Gasteiger partial charge < -0.3 is 5.32 Å². The Morgan fingerprint density at radius 3 is 2.63 bits per heavy atom. The van der Waals surface area contributed by atoms with Crippen LogP contribution in [0.2, 0.25) is 5.15 Å². The quantitative estimate of drug-likeness (QED) is 0.226. The van der Waals surface area contributed by atoms with Crippen molar-refractivity contribution in [3.63, 3.8) is 0 Å². The molecule has 1 aliphatic rings. The molecule has 0 aliphatic carbocycles. The third-order valence-electron chi connectivity index (χ3n) is 6.54. The number of hydrogen-bond acceptors (Lipinski definition) is 3. The van der Waals surface area contributed by atoms with Crippen molar-refractivity contribution in [3.05, 3.63) is 106 Å². The molecular formula is C28H23ClF4N4O. The molecule has 0 atom stereocenters. The number of alkyl halides is 3. The molecule has 5 nitrogen and oxygen atoms in total. The van der Waals surface area contributed by atoms with Gasteiger partial charge in [-0.15, -0.1) is 0 Å². The number of halogens is 5. The van der Waals surface area contributed by atoms with E-state index in [1.807, 2.05) is 12.2 Å². The highest BCUT2D eigenvalue weighted by Crippen LogP contribution is 2.36. The zero-order chi connectivity index (χ0) is 26.9. The maximum atomic E-state index is 13.5. The van der Waals surface area contributed by atoms with Gasteiger partial charge in [-0.25, -0.2) is 14.2 Å². The number of fused-ring (bicyclic) bond motifs is 3. The SMILES string of the molecule is O=C(NCc1ccnc(Cl)c1)n1c2c(c3cc(C(F)(F)F)ccc31)CN(C/C=C/c1ccc(F)cc1)CC2. The lowest BCUT2D eigenvalue weighted by Gasteiger charge is -2.27. The fourth-order valence-corrected chi connectivity index (χ4v) is 4.90. The Morgan fingerprint density at radius 1 is 1.11 bits per heavy atom. The van der Waals surface area contributed by atoms with Gasteiger partial charge in [-0.1, -0.05) is 35.9 Å². The minimum absolute atomic E-state index is 0.191. The van der Waals surface area contributed by atoms with Crippen molar-refractivity contribution in [1.29, 1.82) is 0 Å². The normalized spacial score (nSPS) is 14.2. The number of nitrogens with one attached hydrogen (secondary N) is 1. The smallest absolute Gasteiger partial charge is 0.333 e. The predicted molar refractivity (Wildman–Crippen MR) is 138 cm³/mol. The van der Waals surface area contributed by atoms with Crippen LogP contribution in [0.4, 0.5) is 22.4 Å². The molecule has 1 amide bonds. The second kappa shape index (κ2) is 10.6. The Balaban J connectivity index is 1.43. The van der Waals surface area contributed by atoms with Crippen molar-refractivity contribution in [2.75, 3.05) is 13.1 Å². The Morgan fingerprint density at radius 2 is 1.89 bits per heavy atom. The standard InChI is InChI=1S/C28H23ClF4N4O/c29-26-14-19(9-11-34-26)16-35-27(38)37-24-8-5-20(28(31,32)33)15-22(24)23-17-36(13-10-25(23)37)12-1-2-18-3-6-21(30)7-4-18/h1-9,11,14-15H,10,12-13,16-17H2,(H,35,38)/b2-1+. The van der Waals surface area contributed by atoms with E-state index in [4.69, 9.17) is 11.6 Å². The fraction of sp³-hybridized carbons (Fsp3) is 0.214. The van der Waals surface area contributed by atoms with Crippen LogP contribution in [0.5, 0.6) is 0 Å². The van der Waals surface area contributed by atoms with Crippen LogP contribution in [0.3, 0.4) is 0 Å². The van der Waals surface area contributed by atoms with Crippen LogP contribution in [0.15, 0.2) is 66.9 Å². The number of aromatic nitrogens is 2. The Hall–Kier alpha value is -3.69. The van der Waals surface area contributed by atoms with Crippen LogP contribution in [-0.2, 0) is 25.7 Å². The number of carbonyl (C=O) groups excluding carboxylic acids is 1. The van der Waals surface area contributed by atoms with Crippen molar-refractivity contribution < 1.29 is 22.4 Å². The van der Waals surface area contributed by atoms with Gasteiger partial charge in [-0.2, -0.15) is 13.2 Å². The van der Waals surface area contributed by atoms with Gasteiger partial charge >= 0.3 is 12.2 Å². The minimum atomic E-state index is -4.50. The molecule has 0 fully saturated rings. The summed E-state index contributed by atoms with van der Waals surface area (Å²) in [6, 6.07) is 12.5. The van der Waals surface area contributed by atoms with Crippen LogP contribution >= 0.6 is 11.6 Å². The van der Waals surface area contributed by atoms with Gasteiger partial charge in [0.1, 0.15) is 11.0 Å². The van der Waals surface area contributed by atoms with Crippen LogP contribution in [0, 0.1) is 5.82 Å². The van der Waals surface area contributed by atoms with Crippen LogP contribution in [-0.4, -0.2) is 33.6 Å². The first-order valence-corrected chi connectivity index (χ1v) is 12.3. The molecule has 196 valence electrons. The van der Waals surface area contributed by atoms with E-state index in [1.165, 1.54) is 29.0 Å². The lowest BCUT2D eigenvalue weighted by molar-refractivity contribution is -0.137. The molecule has 1 N–H and O–H groups in total. The van der Waals surface area contributed by atoms with Crippen molar-refractivity contribution in [2.24, 2.45) is 0 Å². The van der Waals surface area contributed by atoms with Crippen molar-refractivity contribution in [3.8, 4) is 0 Å². The lowest BCUT2D eigenvalue weighted by Crippen LogP contribution is -2.34. The highest BCUT2D eigenvalue weighted by Gasteiger charge is 2.33. The maximum absolute atomic E-state index is 13.5. The lowest BCUT2D eigenvalue weighted by atomic mass is 10.0. The van der Waals surface area contributed by atoms with Crippen LogP contribution in [0.1, 0.15) is 27.9 Å². The average molecular weight is 543 g/mol. The first-order valence-electron chi connectivity index (χ1n) is 12.0. The predicted octanol–water partition coefficient (Wildman–Crippen LogP) is 6.68. The summed E-state index contributed by atoms with van der Waals surface area (Å²) in [5.41, 5.74) is 2.67. The molecule has 5 rings (SSSR count). The van der Waals surface area contributed by atoms with Crippen LogP contribution in [0.25, 0.3) is 17.0 Å². The van der Waals surface area contributed by atoms with Gasteiger partial charge in [0.25, 0.3) is 0 Å². The molecule has 3 heterocycles. The summed E-state index contributed by atoms with van der Waals surface area (Å²) in [5, 5.41) is 3.55. The summed E-state index contributed by atoms with van der Waals surface area (Å²) in [5.74, 6) is -0.311. The largest absolute Gasteiger partial charge is 0.416 e. The summed E-state index contributed by atoms with van der Waals surface area (Å²) in [6.07, 6.45) is 1.33. The molecule has 38 heavy (non-hydrogen) atoms. The fourth-order valence-electron chi connectivity index (χ4n) is 4.70. The van der Waals surface area contributed by atoms with E-state index >= 15 is 0 Å². The summed E-state index contributed by atoms with van der Waals surface area (Å²) in [7, 11) is 0. The molecule has 1 aliphatic heterocycles. The van der Waals surface area contributed by atoms with E-state index in [0.29, 0.717) is 53.4 Å². The van der Waals surface area contributed by atoms with Gasteiger partial charge in [0.15, 0.2) is 0 Å². The third-order valence-corrected chi connectivity index (χ3v) is 6.74. The van der Waals surface area contributed by atoms with Gasteiger partial charge in [0.05, 0.1) is 11.1 Å². The molecule has 0 radical (unpaired) electrons. The molecule has 0 unspecified atom stereocenters. The second-order valence-electron chi connectivity index (χ2n) is 9.07. The number of rotatable bonds is 5. The maximum Gasteiger partial charge on any atom is 0.416 e. The van der Waals surface area contributed by atoms with Crippen molar-refractivity contribution in [1.82, 2.24) is 19.8 Å². The third kappa shape index (κ3) is 5.58. The highest BCUT2D eigenvalue weighted by molar-refractivity contribution is 6.29. The van der Waals surface area contributed by atoms with Gasteiger partial charge in [0.2, 0.25) is 0 Å². The van der Waals surface area contributed by atoms with E-state index < -0.39 is 17.8 Å². The number of nitrogens with zero attached hydrogens (tertiary/aromatic N) is 3. The van der Waals surface area contributed by atoms with E-state index in [-0.39, 0.29) is 12.4 Å². The monoisotopic (exact) mass is 542 g/mol. The van der Waals surface area contributed by atoms with Crippen molar-refractivity contribution >= 4 is 34.6 Å². The van der Waals surface area contributed by atoms with Gasteiger partial charge in [-0.05, 0) is 59.2 Å². The minimum Gasteiger partial charge on any atom is -0.333 e. The molecule has 0 saturated heterocycles. The van der Waals surface area contributed by atoms with Gasteiger partial charge in [0, 0.05) is 49.9 Å². The zero-order valence-electron chi connectivity index (χ0n) is 20.1. The topological polar surface area (TPSA) is 50.2 Å². The summed E-state index contributed by atoms with van der Waals surface area (Å²) >= 11 is 5.93. The highest BCUT2D eigenvalue weighted by atomic mass is 35.5. The van der Waals surface area contributed by atoms with E-state index in [9.17, 15) is 22.4 Å². The van der Waals surface area contributed by atoms with Crippen molar-refractivity contribution in [2.45, 2.75) is 25.7 Å². The molecule has 10 heteroatoms. The van der Waals surface area contributed by atoms with E-state index in [0.717, 1.165) is 23.3 Å². The van der Waals surface area contributed by atoms with E-state index in [2.05, 4.69) is 15.2 Å². The Bertz CT molecular complexity index is 1510. The number of carbonyl (C=O) groups is 1. The number of hydrogen-bond donors (Lipinski definition) is 1. The molecule has 0 saturated carbocycles. The average Bonchev–Trinajstić information content (AvgIpc) is 3.21. The number of amides is 1. The molecular weight excluding hydrogens is 520 g/mol. The van der Waals surface area contributed by atoms with Gasteiger partial charge in [-0.3, -0.25) is 9.47 Å². The summed E-state index contributed by atoms with van der Waals surface area (Å²) in [6.45, 7) is 1.76. The second-order valence-corrected chi connectivity index (χ2v) is 9.46. The first kappa shape index (κ1) is 25.9. The molecule has 2 aromatic heterocycles. The summed E-state index contributed by atoms with van der Waals surface area (Å²) < 4.78 is 55.2. The Labute approximate surface area is 221 Å². The number of benzene rings is 2. The molecule has 4 aromatic rings. The molecule has 2 aromatic carbocycles.